The lowest BCUT2D eigenvalue weighted by molar-refractivity contribution is -0.121. The third kappa shape index (κ3) is 6.54. The van der Waals surface area contributed by atoms with E-state index in [-0.39, 0.29) is 11.8 Å². The Bertz CT molecular complexity index is 435. The van der Waals surface area contributed by atoms with Crippen molar-refractivity contribution in [3.05, 3.63) is 34.9 Å². The first-order valence-electron chi connectivity index (χ1n) is 6.43. The first kappa shape index (κ1) is 16.5. The number of carbonyl (C=O) groups is 2. The van der Waals surface area contributed by atoms with Gasteiger partial charge in [0.1, 0.15) is 0 Å². The number of rotatable bonds is 8. The summed E-state index contributed by atoms with van der Waals surface area (Å²) < 4.78 is 4.83. The summed E-state index contributed by atoms with van der Waals surface area (Å²) in [5, 5.41) is 6.06. The first-order valence-corrected chi connectivity index (χ1v) is 6.80. The van der Waals surface area contributed by atoms with Gasteiger partial charge in [-0.3, -0.25) is 9.59 Å². The highest BCUT2D eigenvalue weighted by molar-refractivity contribution is 6.30. The molecule has 5 nitrogen and oxygen atoms in total. The molecule has 2 N–H and O–H groups in total. The van der Waals surface area contributed by atoms with E-state index in [1.807, 2.05) is 0 Å². The predicted molar refractivity (Wildman–Crippen MR) is 77.9 cm³/mol. The van der Waals surface area contributed by atoms with Crippen molar-refractivity contribution in [2.45, 2.75) is 12.8 Å². The van der Waals surface area contributed by atoms with Crippen LogP contribution in [0.15, 0.2) is 24.3 Å². The minimum Gasteiger partial charge on any atom is -0.383 e. The van der Waals surface area contributed by atoms with Gasteiger partial charge in [0.25, 0.3) is 5.91 Å². The van der Waals surface area contributed by atoms with E-state index in [9.17, 15) is 9.59 Å². The Morgan fingerprint density at radius 3 is 2.50 bits per heavy atom. The normalized spacial score (nSPS) is 10.1. The molecule has 6 heteroatoms. The third-order valence-electron chi connectivity index (χ3n) is 2.60. The van der Waals surface area contributed by atoms with Crippen molar-refractivity contribution in [2.75, 3.05) is 26.8 Å². The van der Waals surface area contributed by atoms with E-state index < -0.39 is 0 Å². The van der Waals surface area contributed by atoms with Gasteiger partial charge in [0.05, 0.1) is 6.61 Å². The number of nitrogens with one attached hydrogen (secondary N) is 2. The highest BCUT2D eigenvalue weighted by Gasteiger charge is 2.05. The molecule has 0 aliphatic carbocycles. The molecule has 0 unspecified atom stereocenters. The fourth-order valence-corrected chi connectivity index (χ4v) is 1.66. The fraction of sp³-hybridized carbons (Fsp3) is 0.429. The highest BCUT2D eigenvalue weighted by atomic mass is 35.5. The Balaban J connectivity index is 2.16. The molecule has 0 bridgehead atoms. The topological polar surface area (TPSA) is 67.4 Å². The summed E-state index contributed by atoms with van der Waals surface area (Å²) in [6.07, 6.45) is 0.975. The number of hydrogen-bond donors (Lipinski definition) is 2. The van der Waals surface area contributed by atoms with Crippen LogP contribution in [-0.4, -0.2) is 38.6 Å². The van der Waals surface area contributed by atoms with Gasteiger partial charge in [0.15, 0.2) is 0 Å². The Morgan fingerprint density at radius 2 is 1.85 bits per heavy atom. The van der Waals surface area contributed by atoms with Gasteiger partial charge in [-0.1, -0.05) is 11.6 Å². The lowest BCUT2D eigenvalue weighted by atomic mass is 10.2. The van der Waals surface area contributed by atoms with Crippen molar-refractivity contribution in [3.63, 3.8) is 0 Å². The standard InChI is InChI=1S/C14H19ClN2O3/c1-20-10-9-16-13(18)3-2-8-17-14(19)11-4-6-12(15)7-5-11/h4-7H,2-3,8-10H2,1H3,(H,16,18)(H,17,19). The van der Waals surface area contributed by atoms with E-state index in [2.05, 4.69) is 10.6 Å². The monoisotopic (exact) mass is 298 g/mol. The molecule has 2 amide bonds. The van der Waals surface area contributed by atoms with Crippen LogP contribution in [0.3, 0.4) is 0 Å². The molecular weight excluding hydrogens is 280 g/mol. The van der Waals surface area contributed by atoms with Crippen LogP contribution in [0.1, 0.15) is 23.2 Å². The van der Waals surface area contributed by atoms with Crippen LogP contribution in [0, 0.1) is 0 Å². The second-order valence-corrected chi connectivity index (χ2v) is 4.65. The van der Waals surface area contributed by atoms with Gasteiger partial charge in [-0.2, -0.15) is 0 Å². The number of benzene rings is 1. The van der Waals surface area contributed by atoms with Crippen LogP contribution in [0.2, 0.25) is 5.02 Å². The number of carbonyl (C=O) groups excluding carboxylic acids is 2. The molecule has 0 aliphatic rings. The summed E-state index contributed by atoms with van der Waals surface area (Å²) in [5.74, 6) is -0.204. The van der Waals surface area contributed by atoms with Gasteiger partial charge < -0.3 is 15.4 Å². The molecule has 0 heterocycles. The zero-order chi connectivity index (χ0) is 14.8. The van der Waals surface area contributed by atoms with E-state index >= 15 is 0 Å². The molecule has 1 aromatic rings. The van der Waals surface area contributed by atoms with Crippen LogP contribution in [0.25, 0.3) is 0 Å². The molecule has 20 heavy (non-hydrogen) atoms. The lowest BCUT2D eigenvalue weighted by Crippen LogP contribution is -2.29. The molecule has 110 valence electrons. The van der Waals surface area contributed by atoms with Gasteiger partial charge in [-0.25, -0.2) is 0 Å². The highest BCUT2D eigenvalue weighted by Crippen LogP contribution is 2.09. The largest absolute Gasteiger partial charge is 0.383 e. The van der Waals surface area contributed by atoms with Gasteiger partial charge in [-0.15, -0.1) is 0 Å². The zero-order valence-corrected chi connectivity index (χ0v) is 12.2. The molecule has 0 fully saturated rings. The summed E-state index contributed by atoms with van der Waals surface area (Å²) in [4.78, 5) is 23.1. The Hall–Kier alpha value is -1.59. The molecule has 0 spiro atoms. The van der Waals surface area contributed by atoms with E-state index in [4.69, 9.17) is 16.3 Å². The second kappa shape index (κ2) is 9.34. The maximum atomic E-state index is 11.7. The summed E-state index contributed by atoms with van der Waals surface area (Å²) in [7, 11) is 1.58. The molecule has 0 aliphatic heterocycles. The molecular formula is C14H19ClN2O3. The van der Waals surface area contributed by atoms with E-state index in [0.29, 0.717) is 43.1 Å². The maximum Gasteiger partial charge on any atom is 0.251 e. The molecule has 0 aromatic heterocycles. The van der Waals surface area contributed by atoms with Crippen LogP contribution in [0.4, 0.5) is 0 Å². The van der Waals surface area contributed by atoms with Crippen LogP contribution < -0.4 is 10.6 Å². The minimum absolute atomic E-state index is 0.0391. The Morgan fingerprint density at radius 1 is 1.15 bits per heavy atom. The number of amides is 2. The van der Waals surface area contributed by atoms with Crippen LogP contribution >= 0.6 is 11.6 Å². The minimum atomic E-state index is -0.165. The summed E-state index contributed by atoms with van der Waals surface area (Å²) in [6, 6.07) is 6.66. The van der Waals surface area contributed by atoms with E-state index in [0.717, 1.165) is 0 Å². The molecule has 0 saturated heterocycles. The average molecular weight is 299 g/mol. The van der Waals surface area contributed by atoms with E-state index in [1.165, 1.54) is 0 Å². The van der Waals surface area contributed by atoms with Crippen molar-refractivity contribution >= 4 is 23.4 Å². The molecule has 0 atom stereocenters. The van der Waals surface area contributed by atoms with Gasteiger partial charge in [0.2, 0.25) is 5.91 Å². The number of hydrogen-bond acceptors (Lipinski definition) is 3. The first-order chi connectivity index (χ1) is 9.63. The van der Waals surface area contributed by atoms with Crippen molar-refractivity contribution in [3.8, 4) is 0 Å². The fourth-order valence-electron chi connectivity index (χ4n) is 1.54. The zero-order valence-electron chi connectivity index (χ0n) is 11.4. The van der Waals surface area contributed by atoms with Crippen molar-refractivity contribution < 1.29 is 14.3 Å². The average Bonchev–Trinajstić information content (AvgIpc) is 2.44. The quantitative estimate of drug-likeness (QED) is 0.717. The van der Waals surface area contributed by atoms with Gasteiger partial charge in [0, 0.05) is 37.2 Å². The third-order valence-corrected chi connectivity index (χ3v) is 2.85. The van der Waals surface area contributed by atoms with Crippen molar-refractivity contribution in [1.82, 2.24) is 10.6 Å². The SMILES string of the molecule is COCCNC(=O)CCCNC(=O)c1ccc(Cl)cc1. The Labute approximate surface area is 123 Å². The maximum absolute atomic E-state index is 11.7. The number of halogens is 1. The Kier molecular flexibility index (Phi) is 7.69. The predicted octanol–water partition coefficient (Wildman–Crippen LogP) is 1.61. The van der Waals surface area contributed by atoms with E-state index in [1.54, 1.807) is 31.4 Å². The molecule has 0 radical (unpaired) electrons. The molecule has 1 rings (SSSR count). The summed E-state index contributed by atoms with van der Waals surface area (Å²) >= 11 is 5.75. The summed E-state index contributed by atoms with van der Waals surface area (Å²) in [6.45, 7) is 1.46. The number of methoxy groups -OCH3 is 1. The summed E-state index contributed by atoms with van der Waals surface area (Å²) in [5.41, 5.74) is 0.555. The van der Waals surface area contributed by atoms with Crippen molar-refractivity contribution in [2.24, 2.45) is 0 Å². The van der Waals surface area contributed by atoms with Gasteiger partial charge in [-0.05, 0) is 30.7 Å². The lowest BCUT2D eigenvalue weighted by Gasteiger charge is -2.06. The van der Waals surface area contributed by atoms with Gasteiger partial charge >= 0.3 is 0 Å². The van der Waals surface area contributed by atoms with Crippen molar-refractivity contribution in [1.29, 1.82) is 0 Å². The van der Waals surface area contributed by atoms with Crippen LogP contribution in [-0.2, 0) is 9.53 Å². The molecule has 0 saturated carbocycles. The number of ether oxygens (including phenoxy) is 1. The second-order valence-electron chi connectivity index (χ2n) is 4.21. The molecule has 1 aromatic carbocycles. The smallest absolute Gasteiger partial charge is 0.251 e. The van der Waals surface area contributed by atoms with Crippen LogP contribution in [0.5, 0.6) is 0 Å².